The fourth-order valence-electron chi connectivity index (χ4n) is 4.10. The van der Waals surface area contributed by atoms with Gasteiger partial charge in [0, 0.05) is 25.0 Å². The zero-order chi connectivity index (χ0) is 24.0. The van der Waals surface area contributed by atoms with Crippen LogP contribution in [-0.4, -0.2) is 44.7 Å². The molecule has 1 unspecified atom stereocenters. The molecule has 9 nitrogen and oxygen atoms in total. The molecule has 2 aromatic carbocycles. The summed E-state index contributed by atoms with van der Waals surface area (Å²) in [5.74, 6) is 0.0103. The maximum atomic E-state index is 13.2. The Balaban J connectivity index is 1.40. The molecule has 34 heavy (non-hydrogen) atoms. The fourth-order valence-corrected chi connectivity index (χ4v) is 4.68. The van der Waals surface area contributed by atoms with Crippen LogP contribution in [0.15, 0.2) is 42.6 Å². The van der Waals surface area contributed by atoms with Gasteiger partial charge >= 0.3 is 6.09 Å². The number of benzene rings is 2. The number of nitrogens with one attached hydrogen (secondary N) is 1. The van der Waals surface area contributed by atoms with Crippen LogP contribution in [0.25, 0.3) is 0 Å². The number of amides is 2. The molecule has 0 fully saturated rings. The summed E-state index contributed by atoms with van der Waals surface area (Å²) in [6.45, 7) is 2.50. The van der Waals surface area contributed by atoms with Crippen molar-refractivity contribution < 1.29 is 19.4 Å². The van der Waals surface area contributed by atoms with E-state index in [-0.39, 0.29) is 23.3 Å². The molecule has 5 rings (SSSR count). The van der Waals surface area contributed by atoms with Crippen molar-refractivity contribution in [2.75, 3.05) is 16.8 Å². The normalized spacial score (nSPS) is 17.0. The summed E-state index contributed by atoms with van der Waals surface area (Å²) < 4.78 is 5.91. The zero-order valence-corrected chi connectivity index (χ0v) is 19.5. The van der Waals surface area contributed by atoms with E-state index in [0.717, 1.165) is 11.1 Å². The summed E-state index contributed by atoms with van der Waals surface area (Å²) in [6.07, 6.45) is 0.411. The summed E-state index contributed by atoms with van der Waals surface area (Å²) in [5, 5.41) is 13.0. The second-order valence-corrected chi connectivity index (χ2v) is 8.75. The third-order valence-electron chi connectivity index (χ3n) is 5.77. The van der Waals surface area contributed by atoms with Crippen molar-refractivity contribution in [2.24, 2.45) is 0 Å². The van der Waals surface area contributed by atoms with E-state index in [9.17, 15) is 14.7 Å². The number of fused-ring (bicyclic) bond motifs is 2. The number of hydrogen-bond donors (Lipinski definition) is 2. The summed E-state index contributed by atoms with van der Waals surface area (Å²) >= 11 is 12.6. The van der Waals surface area contributed by atoms with Crippen LogP contribution in [0.1, 0.15) is 28.4 Å². The van der Waals surface area contributed by atoms with Gasteiger partial charge < -0.3 is 20.1 Å². The fraction of sp³-hybridized carbons (Fsp3) is 0.217. The molecule has 11 heteroatoms. The first-order chi connectivity index (χ1) is 16.3. The average Bonchev–Trinajstić information content (AvgIpc) is 2.80. The lowest BCUT2D eigenvalue weighted by Gasteiger charge is -2.34. The number of halogens is 2. The van der Waals surface area contributed by atoms with Crippen LogP contribution in [0, 0.1) is 0 Å². The van der Waals surface area contributed by atoms with Gasteiger partial charge in [0.1, 0.15) is 5.56 Å². The van der Waals surface area contributed by atoms with E-state index in [2.05, 4.69) is 15.3 Å². The van der Waals surface area contributed by atoms with Gasteiger partial charge in [0.2, 0.25) is 11.8 Å². The van der Waals surface area contributed by atoms with Crippen molar-refractivity contribution in [3.8, 4) is 5.88 Å². The van der Waals surface area contributed by atoms with Gasteiger partial charge in [-0.15, -0.1) is 0 Å². The van der Waals surface area contributed by atoms with Crippen LogP contribution < -0.4 is 15.0 Å². The minimum absolute atomic E-state index is 0.143. The van der Waals surface area contributed by atoms with E-state index in [1.54, 1.807) is 25.1 Å². The summed E-state index contributed by atoms with van der Waals surface area (Å²) in [7, 11) is 0. The van der Waals surface area contributed by atoms with Crippen LogP contribution in [0.5, 0.6) is 5.88 Å². The SMILES string of the molecule is CC1Oc2nc(Nc3ccc4c(c3)CN(C(=O)O)CC4)ncc2C(=O)N1c1c(Cl)cccc1Cl. The second-order valence-electron chi connectivity index (χ2n) is 7.94. The molecule has 2 aliphatic rings. The minimum atomic E-state index is -0.940. The van der Waals surface area contributed by atoms with Crippen molar-refractivity contribution in [1.29, 1.82) is 0 Å². The van der Waals surface area contributed by atoms with Gasteiger partial charge in [-0.3, -0.25) is 9.69 Å². The number of rotatable bonds is 3. The number of carbonyl (C=O) groups is 2. The summed E-state index contributed by atoms with van der Waals surface area (Å²) in [4.78, 5) is 35.9. The third-order valence-corrected chi connectivity index (χ3v) is 6.38. The van der Waals surface area contributed by atoms with Crippen molar-refractivity contribution in [2.45, 2.75) is 26.1 Å². The van der Waals surface area contributed by atoms with Crippen molar-refractivity contribution >= 4 is 52.5 Å². The number of hydrogen-bond acceptors (Lipinski definition) is 6. The highest BCUT2D eigenvalue weighted by Crippen LogP contribution is 2.39. The standard InChI is InChI=1S/C23H19Cl2N5O4/c1-12-30(19-17(24)3-2-4-18(19)25)21(31)16-10-26-22(28-20(16)34-12)27-15-6-5-13-7-8-29(23(32)33)11-14(13)9-15/h2-6,9-10,12H,7-8,11H2,1H3,(H,32,33)(H,26,27,28). The molecular formula is C23H19Cl2N5O4. The molecule has 0 saturated heterocycles. The highest BCUT2D eigenvalue weighted by atomic mass is 35.5. The van der Waals surface area contributed by atoms with E-state index in [0.29, 0.717) is 40.9 Å². The van der Waals surface area contributed by atoms with Gasteiger partial charge in [-0.25, -0.2) is 9.78 Å². The minimum Gasteiger partial charge on any atom is -0.465 e. The zero-order valence-electron chi connectivity index (χ0n) is 18.0. The monoisotopic (exact) mass is 499 g/mol. The van der Waals surface area contributed by atoms with Crippen molar-refractivity contribution in [3.63, 3.8) is 0 Å². The van der Waals surface area contributed by atoms with Crippen LogP contribution in [0.2, 0.25) is 10.0 Å². The largest absolute Gasteiger partial charge is 0.465 e. The molecule has 0 bridgehead atoms. The Morgan fingerprint density at radius 3 is 2.71 bits per heavy atom. The van der Waals surface area contributed by atoms with Crippen LogP contribution in [0.3, 0.4) is 0 Å². The van der Waals surface area contributed by atoms with E-state index in [4.69, 9.17) is 27.9 Å². The molecule has 0 aliphatic carbocycles. The highest BCUT2D eigenvalue weighted by Gasteiger charge is 2.36. The van der Waals surface area contributed by atoms with E-state index in [1.165, 1.54) is 16.0 Å². The predicted molar refractivity (Wildman–Crippen MR) is 127 cm³/mol. The van der Waals surface area contributed by atoms with Crippen LogP contribution in [0.4, 0.5) is 22.1 Å². The topological polar surface area (TPSA) is 108 Å². The molecule has 3 aromatic rings. The lowest BCUT2D eigenvalue weighted by molar-refractivity contribution is 0.0867. The van der Waals surface area contributed by atoms with Gasteiger partial charge in [0.05, 0.1) is 15.7 Å². The number of nitrogens with zero attached hydrogens (tertiary/aromatic N) is 4. The first-order valence-corrected chi connectivity index (χ1v) is 11.3. The van der Waals surface area contributed by atoms with Gasteiger partial charge in [0.15, 0.2) is 6.23 Å². The second kappa shape index (κ2) is 8.66. The van der Waals surface area contributed by atoms with Gasteiger partial charge in [-0.2, -0.15) is 4.98 Å². The molecule has 2 N–H and O–H groups in total. The van der Waals surface area contributed by atoms with E-state index < -0.39 is 12.3 Å². The first kappa shape index (κ1) is 22.2. The number of para-hydroxylation sites is 1. The van der Waals surface area contributed by atoms with Crippen LogP contribution >= 0.6 is 23.2 Å². The Bertz CT molecular complexity index is 1300. The maximum Gasteiger partial charge on any atom is 0.407 e. The molecule has 0 saturated carbocycles. The van der Waals surface area contributed by atoms with Gasteiger partial charge in [0.25, 0.3) is 5.91 Å². The average molecular weight is 500 g/mol. The Morgan fingerprint density at radius 2 is 1.97 bits per heavy atom. The molecule has 0 radical (unpaired) electrons. The molecule has 174 valence electrons. The highest BCUT2D eigenvalue weighted by molar-refractivity contribution is 6.40. The molecule has 0 spiro atoms. The van der Waals surface area contributed by atoms with E-state index >= 15 is 0 Å². The number of carbonyl (C=O) groups excluding carboxylic acids is 1. The molecule has 2 aliphatic heterocycles. The lowest BCUT2D eigenvalue weighted by atomic mass is 9.99. The molecule has 2 amide bonds. The molecule has 3 heterocycles. The van der Waals surface area contributed by atoms with Crippen LogP contribution in [-0.2, 0) is 13.0 Å². The summed E-state index contributed by atoms with van der Waals surface area (Å²) in [6, 6.07) is 10.7. The Kier molecular flexibility index (Phi) is 5.66. The summed E-state index contributed by atoms with van der Waals surface area (Å²) in [5.41, 5.74) is 3.27. The van der Waals surface area contributed by atoms with Gasteiger partial charge in [-0.1, -0.05) is 35.3 Å². The quantitative estimate of drug-likeness (QED) is 0.524. The van der Waals surface area contributed by atoms with Crippen molar-refractivity contribution in [3.05, 3.63) is 69.3 Å². The Labute approximate surface area is 204 Å². The number of carboxylic acid groups (broad SMARTS) is 1. The molecule has 1 atom stereocenters. The third kappa shape index (κ3) is 3.97. The van der Waals surface area contributed by atoms with Gasteiger partial charge in [-0.05, 0) is 48.7 Å². The number of aromatic nitrogens is 2. The number of ether oxygens (including phenoxy) is 1. The Hall–Kier alpha value is -3.56. The van der Waals surface area contributed by atoms with E-state index in [1.807, 2.05) is 18.2 Å². The Morgan fingerprint density at radius 1 is 1.21 bits per heavy atom. The molecular weight excluding hydrogens is 481 g/mol. The number of anilines is 3. The first-order valence-electron chi connectivity index (χ1n) is 10.5. The van der Waals surface area contributed by atoms with Crippen molar-refractivity contribution in [1.82, 2.24) is 14.9 Å². The lowest BCUT2D eigenvalue weighted by Crippen LogP contribution is -2.46. The predicted octanol–water partition coefficient (Wildman–Crippen LogP) is 4.95. The maximum absolute atomic E-state index is 13.2. The smallest absolute Gasteiger partial charge is 0.407 e. The molecule has 1 aromatic heterocycles.